The number of hydrogen-bond acceptors (Lipinski definition) is 3. The van der Waals surface area contributed by atoms with Gasteiger partial charge >= 0.3 is 0 Å². The van der Waals surface area contributed by atoms with Gasteiger partial charge in [-0.25, -0.2) is 4.68 Å². The standard InChI is InChI=1S/C11H16FN5/c1-4-17-10(12)9(7-15-17)6-13-11-8(2)5-14-16(11)3/h5,7,13H,4,6H2,1-3H3. The molecule has 2 aromatic rings. The SMILES string of the molecule is CCn1ncc(CNc2c(C)cnn2C)c1F. The maximum Gasteiger partial charge on any atom is 0.216 e. The normalized spacial score (nSPS) is 10.8. The lowest BCUT2D eigenvalue weighted by molar-refractivity contribution is 0.465. The summed E-state index contributed by atoms with van der Waals surface area (Å²) in [7, 11) is 1.85. The smallest absolute Gasteiger partial charge is 0.216 e. The van der Waals surface area contributed by atoms with Crippen LogP contribution in [0, 0.1) is 12.9 Å². The van der Waals surface area contributed by atoms with E-state index < -0.39 is 0 Å². The first-order valence-electron chi connectivity index (χ1n) is 5.56. The van der Waals surface area contributed by atoms with Gasteiger partial charge in [-0.2, -0.15) is 14.6 Å². The fourth-order valence-corrected chi connectivity index (χ4v) is 1.73. The molecule has 2 heterocycles. The number of nitrogens with one attached hydrogen (secondary N) is 1. The number of nitrogens with zero attached hydrogens (tertiary/aromatic N) is 4. The molecule has 92 valence electrons. The molecular formula is C11H16FN5. The highest BCUT2D eigenvalue weighted by Crippen LogP contribution is 2.14. The van der Waals surface area contributed by atoms with Crippen LogP contribution in [0.4, 0.5) is 10.2 Å². The molecule has 2 rings (SSSR count). The first kappa shape index (κ1) is 11.6. The third kappa shape index (κ3) is 2.15. The van der Waals surface area contributed by atoms with Gasteiger partial charge in [-0.15, -0.1) is 0 Å². The molecule has 0 atom stereocenters. The summed E-state index contributed by atoms with van der Waals surface area (Å²) in [5.74, 6) is 0.619. The Labute approximate surface area is 99.2 Å². The lowest BCUT2D eigenvalue weighted by Gasteiger charge is -2.06. The second-order valence-corrected chi connectivity index (χ2v) is 3.93. The third-order valence-corrected chi connectivity index (χ3v) is 2.71. The summed E-state index contributed by atoms with van der Waals surface area (Å²) in [6.45, 7) is 4.77. The summed E-state index contributed by atoms with van der Waals surface area (Å²) < 4.78 is 16.8. The van der Waals surface area contributed by atoms with Gasteiger partial charge in [-0.05, 0) is 13.8 Å². The van der Waals surface area contributed by atoms with E-state index in [1.807, 2.05) is 20.9 Å². The van der Waals surface area contributed by atoms with E-state index in [0.717, 1.165) is 11.4 Å². The summed E-state index contributed by atoms with van der Waals surface area (Å²) in [5, 5.41) is 11.2. The van der Waals surface area contributed by atoms with Crippen molar-refractivity contribution < 1.29 is 4.39 Å². The van der Waals surface area contributed by atoms with Gasteiger partial charge in [-0.3, -0.25) is 4.68 Å². The zero-order chi connectivity index (χ0) is 12.4. The number of rotatable bonds is 4. The highest BCUT2D eigenvalue weighted by Gasteiger charge is 2.10. The first-order chi connectivity index (χ1) is 8.13. The van der Waals surface area contributed by atoms with Crippen LogP contribution in [0.15, 0.2) is 12.4 Å². The van der Waals surface area contributed by atoms with Crippen LogP contribution in [0.25, 0.3) is 0 Å². The summed E-state index contributed by atoms with van der Waals surface area (Å²) in [4.78, 5) is 0. The van der Waals surface area contributed by atoms with Crippen LogP contribution in [0.3, 0.4) is 0 Å². The fraction of sp³-hybridized carbons (Fsp3) is 0.455. The predicted molar refractivity (Wildman–Crippen MR) is 63.1 cm³/mol. The molecule has 0 radical (unpaired) electrons. The highest BCUT2D eigenvalue weighted by atomic mass is 19.1. The molecule has 0 saturated heterocycles. The van der Waals surface area contributed by atoms with Gasteiger partial charge in [-0.1, -0.05) is 0 Å². The molecule has 0 aliphatic rings. The third-order valence-electron chi connectivity index (χ3n) is 2.71. The Balaban J connectivity index is 2.10. The van der Waals surface area contributed by atoms with Crippen molar-refractivity contribution >= 4 is 5.82 Å². The van der Waals surface area contributed by atoms with E-state index in [2.05, 4.69) is 15.5 Å². The van der Waals surface area contributed by atoms with Crippen LogP contribution in [-0.4, -0.2) is 19.6 Å². The van der Waals surface area contributed by atoms with Crippen molar-refractivity contribution in [3.8, 4) is 0 Å². The second kappa shape index (κ2) is 4.57. The maximum absolute atomic E-state index is 13.7. The Morgan fingerprint density at radius 2 is 2.12 bits per heavy atom. The van der Waals surface area contributed by atoms with Gasteiger partial charge in [0.2, 0.25) is 5.95 Å². The van der Waals surface area contributed by atoms with E-state index >= 15 is 0 Å². The Bertz CT molecular complexity index is 494. The van der Waals surface area contributed by atoms with Crippen LogP contribution in [-0.2, 0) is 20.1 Å². The number of aromatic nitrogens is 4. The molecule has 17 heavy (non-hydrogen) atoms. The average Bonchev–Trinajstić information content (AvgIpc) is 2.82. The van der Waals surface area contributed by atoms with Crippen molar-refractivity contribution in [3.05, 3.63) is 29.5 Å². The van der Waals surface area contributed by atoms with E-state index in [0.29, 0.717) is 18.7 Å². The van der Waals surface area contributed by atoms with E-state index in [1.54, 1.807) is 17.1 Å². The van der Waals surface area contributed by atoms with Gasteiger partial charge in [0, 0.05) is 31.3 Å². The van der Waals surface area contributed by atoms with Crippen LogP contribution in [0.5, 0.6) is 0 Å². The summed E-state index contributed by atoms with van der Waals surface area (Å²) in [6, 6.07) is 0. The Morgan fingerprint density at radius 3 is 2.65 bits per heavy atom. The van der Waals surface area contributed by atoms with E-state index in [-0.39, 0.29) is 5.95 Å². The van der Waals surface area contributed by atoms with Crippen molar-refractivity contribution in [2.24, 2.45) is 7.05 Å². The number of halogens is 1. The second-order valence-electron chi connectivity index (χ2n) is 3.93. The van der Waals surface area contributed by atoms with E-state index in [9.17, 15) is 4.39 Å². The van der Waals surface area contributed by atoms with Crippen molar-refractivity contribution in [3.63, 3.8) is 0 Å². The molecule has 0 saturated carbocycles. The molecule has 0 bridgehead atoms. The van der Waals surface area contributed by atoms with E-state index in [1.165, 1.54) is 4.68 Å². The zero-order valence-electron chi connectivity index (χ0n) is 10.2. The molecule has 2 aromatic heterocycles. The minimum absolute atomic E-state index is 0.278. The molecular weight excluding hydrogens is 221 g/mol. The largest absolute Gasteiger partial charge is 0.366 e. The van der Waals surface area contributed by atoms with Gasteiger partial charge in [0.15, 0.2) is 0 Å². The number of aryl methyl sites for hydroxylation is 3. The van der Waals surface area contributed by atoms with Crippen molar-refractivity contribution in [1.82, 2.24) is 19.6 Å². The summed E-state index contributed by atoms with van der Waals surface area (Å²) in [5.41, 5.74) is 1.60. The quantitative estimate of drug-likeness (QED) is 0.880. The lowest BCUT2D eigenvalue weighted by atomic mass is 10.3. The van der Waals surface area contributed by atoms with Gasteiger partial charge in [0.25, 0.3) is 0 Å². The minimum atomic E-state index is -0.278. The topological polar surface area (TPSA) is 47.7 Å². The van der Waals surface area contributed by atoms with Crippen LogP contribution in [0.2, 0.25) is 0 Å². The summed E-state index contributed by atoms with van der Waals surface area (Å²) in [6.07, 6.45) is 3.33. The van der Waals surface area contributed by atoms with Crippen LogP contribution >= 0.6 is 0 Å². The van der Waals surface area contributed by atoms with E-state index in [4.69, 9.17) is 0 Å². The van der Waals surface area contributed by atoms with Crippen LogP contribution < -0.4 is 5.32 Å². The number of anilines is 1. The predicted octanol–water partition coefficient (Wildman–Crippen LogP) is 1.70. The lowest BCUT2D eigenvalue weighted by Crippen LogP contribution is -2.07. The monoisotopic (exact) mass is 237 g/mol. The molecule has 0 fully saturated rings. The molecule has 6 heteroatoms. The maximum atomic E-state index is 13.7. The molecule has 0 aliphatic carbocycles. The molecule has 5 nitrogen and oxygen atoms in total. The van der Waals surface area contributed by atoms with Gasteiger partial charge in [0.05, 0.1) is 12.4 Å². The molecule has 0 aliphatic heterocycles. The Hall–Kier alpha value is -1.85. The average molecular weight is 237 g/mol. The minimum Gasteiger partial charge on any atom is -0.366 e. The van der Waals surface area contributed by atoms with Crippen molar-refractivity contribution in [2.45, 2.75) is 26.9 Å². The van der Waals surface area contributed by atoms with Crippen molar-refractivity contribution in [1.29, 1.82) is 0 Å². The highest BCUT2D eigenvalue weighted by molar-refractivity contribution is 5.43. The molecule has 0 unspecified atom stereocenters. The Morgan fingerprint density at radius 1 is 1.35 bits per heavy atom. The molecule has 0 aromatic carbocycles. The fourth-order valence-electron chi connectivity index (χ4n) is 1.73. The summed E-state index contributed by atoms with van der Waals surface area (Å²) >= 11 is 0. The van der Waals surface area contributed by atoms with Crippen LogP contribution in [0.1, 0.15) is 18.1 Å². The molecule has 0 spiro atoms. The zero-order valence-corrected chi connectivity index (χ0v) is 10.2. The van der Waals surface area contributed by atoms with Gasteiger partial charge in [0.1, 0.15) is 5.82 Å². The molecule has 0 amide bonds. The Kier molecular flexibility index (Phi) is 3.12. The number of hydrogen-bond donors (Lipinski definition) is 1. The van der Waals surface area contributed by atoms with Gasteiger partial charge < -0.3 is 5.32 Å². The van der Waals surface area contributed by atoms with Crippen molar-refractivity contribution in [2.75, 3.05) is 5.32 Å². The molecule has 1 N–H and O–H groups in total. The first-order valence-corrected chi connectivity index (χ1v) is 5.56.